The average Bonchev–Trinajstić information content (AvgIpc) is 2.89. The van der Waals surface area contributed by atoms with Crippen LogP contribution in [-0.4, -0.2) is 32.7 Å². The van der Waals surface area contributed by atoms with Crippen LogP contribution in [0.2, 0.25) is 5.15 Å². The van der Waals surface area contributed by atoms with Crippen LogP contribution in [0.1, 0.15) is 10.4 Å². The maximum atomic E-state index is 11.4. The molecule has 0 saturated heterocycles. The van der Waals surface area contributed by atoms with E-state index in [1.807, 2.05) is 0 Å². The Kier molecular flexibility index (Phi) is 3.08. The number of hydrogen-bond acceptors (Lipinski definition) is 5. The van der Waals surface area contributed by atoms with Crippen LogP contribution in [-0.2, 0) is 4.74 Å². The molecule has 0 N–H and O–H groups in total. The van der Waals surface area contributed by atoms with Gasteiger partial charge in [0.25, 0.3) is 0 Å². The molecule has 2 aromatic heterocycles. The van der Waals surface area contributed by atoms with Crippen LogP contribution in [0.3, 0.4) is 0 Å². The lowest BCUT2D eigenvalue weighted by Gasteiger charge is -2.02. The van der Waals surface area contributed by atoms with Crippen molar-refractivity contribution in [2.75, 3.05) is 7.11 Å². The highest BCUT2D eigenvalue weighted by molar-refractivity contribution is 6.29. The first-order chi connectivity index (χ1) is 9.69. The maximum Gasteiger partial charge on any atom is 0.337 e. The van der Waals surface area contributed by atoms with Gasteiger partial charge in [-0.3, -0.25) is 4.40 Å². The summed E-state index contributed by atoms with van der Waals surface area (Å²) in [6.45, 7) is 0. The summed E-state index contributed by atoms with van der Waals surface area (Å²) in [4.78, 5) is 15.3. The fourth-order valence-corrected chi connectivity index (χ4v) is 1.99. The lowest BCUT2D eigenvalue weighted by molar-refractivity contribution is 0.0601. The third-order valence-electron chi connectivity index (χ3n) is 2.83. The first kappa shape index (κ1) is 12.6. The molecule has 3 rings (SSSR count). The number of ether oxygens (including phenoxy) is 1. The van der Waals surface area contributed by atoms with Crippen molar-refractivity contribution < 1.29 is 9.53 Å². The third kappa shape index (κ3) is 2.10. The van der Waals surface area contributed by atoms with Gasteiger partial charge in [0, 0.05) is 5.56 Å². The zero-order valence-corrected chi connectivity index (χ0v) is 11.2. The van der Waals surface area contributed by atoms with E-state index in [0.717, 1.165) is 5.56 Å². The molecule has 0 saturated carbocycles. The average molecular weight is 289 g/mol. The number of nitrogens with zero attached hydrogens (tertiary/aromatic N) is 4. The van der Waals surface area contributed by atoms with Crippen molar-refractivity contribution in [3.63, 3.8) is 0 Å². The summed E-state index contributed by atoms with van der Waals surface area (Å²) >= 11 is 5.87. The summed E-state index contributed by atoms with van der Waals surface area (Å²) in [5.74, 6) is 0.246. The van der Waals surface area contributed by atoms with E-state index >= 15 is 0 Å². The van der Waals surface area contributed by atoms with E-state index in [0.29, 0.717) is 22.2 Å². The van der Waals surface area contributed by atoms with Crippen molar-refractivity contribution in [1.82, 2.24) is 19.6 Å². The van der Waals surface area contributed by atoms with E-state index in [-0.39, 0.29) is 5.97 Å². The van der Waals surface area contributed by atoms with E-state index in [9.17, 15) is 4.79 Å². The number of rotatable bonds is 2. The summed E-state index contributed by atoms with van der Waals surface area (Å²) in [6, 6.07) is 6.89. The van der Waals surface area contributed by atoms with E-state index in [1.165, 1.54) is 7.11 Å². The van der Waals surface area contributed by atoms with Crippen LogP contribution in [0.15, 0.2) is 36.7 Å². The van der Waals surface area contributed by atoms with Gasteiger partial charge in [-0.15, -0.1) is 10.2 Å². The second-order valence-corrected chi connectivity index (χ2v) is 4.42. The number of carbonyl (C=O) groups excluding carboxylic acids is 1. The lowest BCUT2D eigenvalue weighted by Crippen LogP contribution is -2.00. The highest BCUT2D eigenvalue weighted by Crippen LogP contribution is 2.20. The smallest absolute Gasteiger partial charge is 0.337 e. The van der Waals surface area contributed by atoms with Crippen LogP contribution < -0.4 is 0 Å². The molecule has 7 heteroatoms. The van der Waals surface area contributed by atoms with Crippen LogP contribution in [0.5, 0.6) is 0 Å². The van der Waals surface area contributed by atoms with Crippen LogP contribution in [0.25, 0.3) is 17.0 Å². The Labute approximate surface area is 119 Å². The first-order valence-corrected chi connectivity index (χ1v) is 6.12. The van der Waals surface area contributed by atoms with Crippen molar-refractivity contribution in [1.29, 1.82) is 0 Å². The number of methoxy groups -OCH3 is 1. The summed E-state index contributed by atoms with van der Waals surface area (Å²) in [5.41, 5.74) is 1.89. The van der Waals surface area contributed by atoms with Crippen molar-refractivity contribution in [2.45, 2.75) is 0 Å². The molecule has 20 heavy (non-hydrogen) atoms. The molecule has 0 spiro atoms. The Morgan fingerprint density at radius 3 is 2.70 bits per heavy atom. The van der Waals surface area contributed by atoms with Gasteiger partial charge in [-0.05, 0) is 12.1 Å². The molecule has 0 bridgehead atoms. The zero-order chi connectivity index (χ0) is 14.1. The van der Waals surface area contributed by atoms with Crippen molar-refractivity contribution in [2.24, 2.45) is 0 Å². The van der Waals surface area contributed by atoms with Crippen LogP contribution in [0, 0.1) is 0 Å². The molecule has 0 aliphatic rings. The number of fused-ring (bicyclic) bond motifs is 1. The predicted molar refractivity (Wildman–Crippen MR) is 72.6 cm³/mol. The van der Waals surface area contributed by atoms with E-state index in [2.05, 4.69) is 19.9 Å². The minimum atomic E-state index is -0.380. The molecule has 2 heterocycles. The molecule has 0 atom stereocenters. The SMILES string of the molecule is COC(=O)c1ccc(-c2nnc3cnc(Cl)cn23)cc1. The van der Waals surface area contributed by atoms with Gasteiger partial charge in [0.2, 0.25) is 0 Å². The van der Waals surface area contributed by atoms with Crippen molar-refractivity contribution in [3.8, 4) is 11.4 Å². The summed E-state index contributed by atoms with van der Waals surface area (Å²) in [5, 5.41) is 8.46. The van der Waals surface area contributed by atoms with E-state index in [1.54, 1.807) is 41.1 Å². The summed E-state index contributed by atoms with van der Waals surface area (Å²) in [6.07, 6.45) is 3.18. The minimum Gasteiger partial charge on any atom is -0.465 e. The Bertz CT molecular complexity index is 783. The third-order valence-corrected chi connectivity index (χ3v) is 3.02. The van der Waals surface area contributed by atoms with Crippen molar-refractivity contribution >= 4 is 23.2 Å². The van der Waals surface area contributed by atoms with Gasteiger partial charge in [-0.1, -0.05) is 23.7 Å². The Hall–Kier alpha value is -2.47. The number of carbonyl (C=O) groups is 1. The van der Waals surface area contributed by atoms with Gasteiger partial charge in [-0.25, -0.2) is 9.78 Å². The van der Waals surface area contributed by atoms with Crippen LogP contribution >= 0.6 is 11.6 Å². The lowest BCUT2D eigenvalue weighted by atomic mass is 10.1. The number of hydrogen-bond donors (Lipinski definition) is 0. The molecule has 1 aromatic carbocycles. The van der Waals surface area contributed by atoms with E-state index < -0.39 is 0 Å². The molecule has 100 valence electrons. The molecule has 0 aliphatic carbocycles. The highest BCUT2D eigenvalue weighted by Gasteiger charge is 2.10. The Balaban J connectivity index is 2.07. The van der Waals surface area contributed by atoms with Gasteiger partial charge in [0.15, 0.2) is 11.5 Å². The molecule has 0 fully saturated rings. The number of halogens is 1. The van der Waals surface area contributed by atoms with Gasteiger partial charge >= 0.3 is 5.97 Å². The van der Waals surface area contributed by atoms with E-state index in [4.69, 9.17) is 11.6 Å². The predicted octanol–water partition coefficient (Wildman–Crippen LogP) is 2.23. The summed E-state index contributed by atoms with van der Waals surface area (Å²) < 4.78 is 6.39. The molecule has 0 amide bonds. The first-order valence-electron chi connectivity index (χ1n) is 5.74. The zero-order valence-electron chi connectivity index (χ0n) is 10.4. The number of aromatic nitrogens is 4. The molecular weight excluding hydrogens is 280 g/mol. The minimum absolute atomic E-state index is 0.352. The van der Waals surface area contributed by atoms with Gasteiger partial charge in [0.05, 0.1) is 25.1 Å². The van der Waals surface area contributed by atoms with Gasteiger partial charge in [-0.2, -0.15) is 0 Å². The van der Waals surface area contributed by atoms with Crippen LogP contribution in [0.4, 0.5) is 0 Å². The second kappa shape index (κ2) is 4.90. The molecular formula is C13H9ClN4O2. The maximum absolute atomic E-state index is 11.4. The Morgan fingerprint density at radius 2 is 2.00 bits per heavy atom. The molecule has 3 aromatic rings. The fraction of sp³-hybridized carbons (Fsp3) is 0.0769. The monoisotopic (exact) mass is 288 g/mol. The number of esters is 1. The fourth-order valence-electron chi connectivity index (χ4n) is 1.85. The number of benzene rings is 1. The topological polar surface area (TPSA) is 69.4 Å². The molecule has 6 nitrogen and oxygen atoms in total. The molecule has 0 radical (unpaired) electrons. The van der Waals surface area contributed by atoms with Crippen molar-refractivity contribution in [3.05, 3.63) is 47.4 Å². The second-order valence-electron chi connectivity index (χ2n) is 4.03. The van der Waals surface area contributed by atoms with Gasteiger partial charge < -0.3 is 4.74 Å². The Morgan fingerprint density at radius 1 is 1.25 bits per heavy atom. The quantitative estimate of drug-likeness (QED) is 0.676. The largest absolute Gasteiger partial charge is 0.465 e. The highest BCUT2D eigenvalue weighted by atomic mass is 35.5. The van der Waals surface area contributed by atoms with Gasteiger partial charge in [0.1, 0.15) is 5.15 Å². The normalized spacial score (nSPS) is 10.7. The standard InChI is InChI=1S/C13H9ClN4O2/c1-20-13(19)9-4-2-8(3-5-9)12-17-16-11-6-15-10(14)7-18(11)12/h2-7H,1H3. The summed E-state index contributed by atoms with van der Waals surface area (Å²) in [7, 11) is 1.34. The molecule has 0 unspecified atom stereocenters. The molecule has 0 aliphatic heterocycles.